The van der Waals surface area contributed by atoms with Crippen molar-refractivity contribution in [2.24, 2.45) is 5.41 Å². The van der Waals surface area contributed by atoms with Gasteiger partial charge >= 0.3 is 0 Å². The molecule has 0 radical (unpaired) electrons. The fourth-order valence-electron chi connectivity index (χ4n) is 2.49. The van der Waals surface area contributed by atoms with Crippen LogP contribution in [0.4, 0.5) is 0 Å². The molecule has 1 aliphatic rings. The highest BCUT2D eigenvalue weighted by Gasteiger charge is 2.39. The maximum absolute atomic E-state index is 12.2. The molecule has 2 atom stereocenters. The number of amides is 1. The first-order valence-corrected chi connectivity index (χ1v) is 6.81. The SMILES string of the molecule is CCCC1(C(=O)NCCC(O)CC)CCNC1. The van der Waals surface area contributed by atoms with Gasteiger partial charge in [0.25, 0.3) is 0 Å². The van der Waals surface area contributed by atoms with Crippen LogP contribution in [0.1, 0.15) is 46.0 Å². The summed E-state index contributed by atoms with van der Waals surface area (Å²) in [4.78, 5) is 12.2. The quantitative estimate of drug-likeness (QED) is 0.625. The van der Waals surface area contributed by atoms with Gasteiger partial charge in [0.2, 0.25) is 5.91 Å². The molecular weight excluding hydrogens is 216 g/mol. The zero-order valence-corrected chi connectivity index (χ0v) is 11.1. The Labute approximate surface area is 104 Å². The van der Waals surface area contributed by atoms with Crippen molar-refractivity contribution in [3.05, 3.63) is 0 Å². The Morgan fingerprint density at radius 1 is 1.53 bits per heavy atom. The highest BCUT2D eigenvalue weighted by molar-refractivity contribution is 5.83. The molecule has 100 valence electrons. The molecule has 1 rings (SSSR count). The molecule has 0 aromatic heterocycles. The second-order valence-electron chi connectivity index (χ2n) is 5.06. The van der Waals surface area contributed by atoms with Gasteiger partial charge in [-0.3, -0.25) is 4.79 Å². The number of rotatable bonds is 7. The van der Waals surface area contributed by atoms with Crippen LogP contribution in [-0.4, -0.2) is 36.8 Å². The minimum absolute atomic E-state index is 0.160. The van der Waals surface area contributed by atoms with E-state index in [9.17, 15) is 9.90 Å². The summed E-state index contributed by atoms with van der Waals surface area (Å²) in [7, 11) is 0. The molecule has 1 amide bonds. The van der Waals surface area contributed by atoms with Crippen LogP contribution in [0.5, 0.6) is 0 Å². The van der Waals surface area contributed by atoms with E-state index in [0.29, 0.717) is 13.0 Å². The third kappa shape index (κ3) is 3.96. The van der Waals surface area contributed by atoms with E-state index in [1.54, 1.807) is 0 Å². The summed E-state index contributed by atoms with van der Waals surface area (Å²) in [5, 5.41) is 15.7. The first kappa shape index (κ1) is 14.5. The van der Waals surface area contributed by atoms with Crippen molar-refractivity contribution < 1.29 is 9.90 Å². The monoisotopic (exact) mass is 242 g/mol. The van der Waals surface area contributed by atoms with Crippen LogP contribution in [0.15, 0.2) is 0 Å². The smallest absolute Gasteiger partial charge is 0.227 e. The molecule has 2 unspecified atom stereocenters. The third-order valence-corrected chi connectivity index (χ3v) is 3.69. The van der Waals surface area contributed by atoms with Crippen LogP contribution in [0.3, 0.4) is 0 Å². The standard InChI is InChI=1S/C13H26N2O2/c1-3-6-13(7-9-14-10-13)12(17)15-8-5-11(16)4-2/h11,14,16H,3-10H2,1-2H3,(H,15,17). The molecule has 1 fully saturated rings. The molecule has 0 aromatic carbocycles. The van der Waals surface area contributed by atoms with Gasteiger partial charge < -0.3 is 15.7 Å². The number of aliphatic hydroxyl groups is 1. The molecule has 0 saturated carbocycles. The Bertz CT molecular complexity index is 238. The molecule has 0 aliphatic carbocycles. The lowest BCUT2D eigenvalue weighted by atomic mass is 9.81. The van der Waals surface area contributed by atoms with E-state index in [4.69, 9.17) is 0 Å². The maximum atomic E-state index is 12.2. The number of carbonyl (C=O) groups is 1. The van der Waals surface area contributed by atoms with Crippen molar-refractivity contribution in [2.75, 3.05) is 19.6 Å². The fourth-order valence-corrected chi connectivity index (χ4v) is 2.49. The van der Waals surface area contributed by atoms with Gasteiger partial charge in [0, 0.05) is 13.1 Å². The Kier molecular flexibility index (Phi) is 5.92. The van der Waals surface area contributed by atoms with Gasteiger partial charge in [-0.1, -0.05) is 20.3 Å². The molecule has 3 N–H and O–H groups in total. The molecule has 17 heavy (non-hydrogen) atoms. The van der Waals surface area contributed by atoms with E-state index in [1.807, 2.05) is 6.92 Å². The predicted molar refractivity (Wildman–Crippen MR) is 68.8 cm³/mol. The van der Waals surface area contributed by atoms with Crippen molar-refractivity contribution >= 4 is 5.91 Å². The predicted octanol–water partition coefficient (Wildman–Crippen LogP) is 1.04. The number of hydrogen-bond acceptors (Lipinski definition) is 3. The molecule has 0 bridgehead atoms. The van der Waals surface area contributed by atoms with E-state index in [0.717, 1.165) is 38.8 Å². The van der Waals surface area contributed by atoms with Crippen LogP contribution in [0.2, 0.25) is 0 Å². The van der Waals surface area contributed by atoms with Gasteiger partial charge in [0.15, 0.2) is 0 Å². The summed E-state index contributed by atoms with van der Waals surface area (Å²) in [5.74, 6) is 0.160. The molecular formula is C13H26N2O2. The van der Waals surface area contributed by atoms with Gasteiger partial charge in [-0.15, -0.1) is 0 Å². The lowest BCUT2D eigenvalue weighted by Gasteiger charge is -2.26. The Balaban J connectivity index is 2.38. The Morgan fingerprint density at radius 3 is 2.82 bits per heavy atom. The van der Waals surface area contributed by atoms with Gasteiger partial charge in [-0.25, -0.2) is 0 Å². The summed E-state index contributed by atoms with van der Waals surface area (Å²) >= 11 is 0. The maximum Gasteiger partial charge on any atom is 0.227 e. The first-order chi connectivity index (χ1) is 8.14. The second-order valence-corrected chi connectivity index (χ2v) is 5.06. The summed E-state index contributed by atoms with van der Waals surface area (Å²) in [6.45, 7) is 6.38. The van der Waals surface area contributed by atoms with Crippen molar-refractivity contribution in [2.45, 2.75) is 52.1 Å². The van der Waals surface area contributed by atoms with Crippen molar-refractivity contribution in [3.8, 4) is 0 Å². The molecule has 4 heteroatoms. The summed E-state index contributed by atoms with van der Waals surface area (Å²) in [5.41, 5.74) is -0.202. The Morgan fingerprint density at radius 2 is 2.29 bits per heavy atom. The average molecular weight is 242 g/mol. The molecule has 0 spiro atoms. The summed E-state index contributed by atoms with van der Waals surface area (Å²) in [6, 6.07) is 0. The van der Waals surface area contributed by atoms with Crippen LogP contribution >= 0.6 is 0 Å². The Hall–Kier alpha value is -0.610. The largest absolute Gasteiger partial charge is 0.393 e. The zero-order chi connectivity index (χ0) is 12.7. The van der Waals surface area contributed by atoms with Gasteiger partial charge in [-0.05, 0) is 32.2 Å². The first-order valence-electron chi connectivity index (χ1n) is 6.81. The van der Waals surface area contributed by atoms with Crippen LogP contribution in [-0.2, 0) is 4.79 Å². The van der Waals surface area contributed by atoms with Gasteiger partial charge in [-0.2, -0.15) is 0 Å². The molecule has 4 nitrogen and oxygen atoms in total. The average Bonchev–Trinajstić information content (AvgIpc) is 2.79. The van der Waals surface area contributed by atoms with Gasteiger partial charge in [0.05, 0.1) is 11.5 Å². The van der Waals surface area contributed by atoms with E-state index in [1.165, 1.54) is 0 Å². The number of carbonyl (C=O) groups excluding carboxylic acids is 1. The molecule has 1 saturated heterocycles. The number of hydrogen-bond donors (Lipinski definition) is 3. The molecule has 1 aliphatic heterocycles. The topological polar surface area (TPSA) is 61.4 Å². The highest BCUT2D eigenvalue weighted by Crippen LogP contribution is 2.31. The lowest BCUT2D eigenvalue weighted by molar-refractivity contribution is -0.130. The van der Waals surface area contributed by atoms with E-state index >= 15 is 0 Å². The number of nitrogens with one attached hydrogen (secondary N) is 2. The molecule has 0 aromatic rings. The molecule has 1 heterocycles. The fraction of sp³-hybridized carbons (Fsp3) is 0.923. The minimum Gasteiger partial charge on any atom is -0.393 e. The van der Waals surface area contributed by atoms with Crippen molar-refractivity contribution in [1.82, 2.24) is 10.6 Å². The van der Waals surface area contributed by atoms with Crippen LogP contribution in [0, 0.1) is 5.41 Å². The highest BCUT2D eigenvalue weighted by atomic mass is 16.3. The lowest BCUT2D eigenvalue weighted by Crippen LogP contribution is -2.43. The third-order valence-electron chi connectivity index (χ3n) is 3.69. The summed E-state index contributed by atoms with van der Waals surface area (Å²) < 4.78 is 0. The van der Waals surface area contributed by atoms with E-state index in [2.05, 4.69) is 17.6 Å². The summed E-state index contributed by atoms with van der Waals surface area (Å²) in [6.07, 6.45) is 4.02. The van der Waals surface area contributed by atoms with Crippen molar-refractivity contribution in [1.29, 1.82) is 0 Å². The van der Waals surface area contributed by atoms with Gasteiger partial charge in [0.1, 0.15) is 0 Å². The zero-order valence-electron chi connectivity index (χ0n) is 11.1. The minimum atomic E-state index is -0.292. The normalized spacial score (nSPS) is 25.8. The van der Waals surface area contributed by atoms with Crippen molar-refractivity contribution in [3.63, 3.8) is 0 Å². The second kappa shape index (κ2) is 6.97. The number of aliphatic hydroxyl groups excluding tert-OH is 1. The van der Waals surface area contributed by atoms with E-state index < -0.39 is 0 Å². The van der Waals surface area contributed by atoms with Crippen LogP contribution in [0.25, 0.3) is 0 Å². The van der Waals surface area contributed by atoms with Crippen LogP contribution < -0.4 is 10.6 Å². The van der Waals surface area contributed by atoms with E-state index in [-0.39, 0.29) is 17.4 Å².